The Kier molecular flexibility index (Phi) is 6.77. The third kappa shape index (κ3) is 4.91. The van der Waals surface area contributed by atoms with Gasteiger partial charge in [-0.1, -0.05) is 25.0 Å². The predicted octanol–water partition coefficient (Wildman–Crippen LogP) is 2.71. The van der Waals surface area contributed by atoms with E-state index in [-0.39, 0.29) is 12.3 Å². The van der Waals surface area contributed by atoms with Crippen LogP contribution in [0.5, 0.6) is 0 Å². The van der Waals surface area contributed by atoms with Crippen molar-refractivity contribution in [3.8, 4) is 0 Å². The Morgan fingerprint density at radius 2 is 1.81 bits per heavy atom. The SMILES string of the molecule is COCCCNC(=O)Cc1nc2ccccc2nc1N1CCCCCC1. The van der Waals surface area contributed by atoms with Crippen LogP contribution in [0.25, 0.3) is 11.0 Å². The predicted molar refractivity (Wildman–Crippen MR) is 103 cm³/mol. The van der Waals surface area contributed by atoms with Gasteiger partial charge >= 0.3 is 0 Å². The molecule has 1 aliphatic heterocycles. The number of hydrogen-bond acceptors (Lipinski definition) is 5. The van der Waals surface area contributed by atoms with Gasteiger partial charge in [-0.2, -0.15) is 0 Å². The highest BCUT2D eigenvalue weighted by atomic mass is 16.5. The Labute approximate surface area is 155 Å². The van der Waals surface area contributed by atoms with Gasteiger partial charge in [-0.05, 0) is 31.4 Å². The number of aromatic nitrogens is 2. The van der Waals surface area contributed by atoms with Gasteiger partial charge in [-0.3, -0.25) is 4.79 Å². The number of para-hydroxylation sites is 2. The molecule has 0 saturated carbocycles. The molecule has 140 valence electrons. The molecule has 6 nitrogen and oxygen atoms in total. The van der Waals surface area contributed by atoms with E-state index in [4.69, 9.17) is 14.7 Å². The van der Waals surface area contributed by atoms with Crippen LogP contribution in [0, 0.1) is 0 Å². The molecule has 0 spiro atoms. The average molecular weight is 356 g/mol. The molecule has 0 atom stereocenters. The van der Waals surface area contributed by atoms with Crippen LogP contribution in [0.3, 0.4) is 0 Å². The van der Waals surface area contributed by atoms with E-state index >= 15 is 0 Å². The van der Waals surface area contributed by atoms with E-state index in [1.807, 2.05) is 24.3 Å². The highest BCUT2D eigenvalue weighted by molar-refractivity contribution is 5.82. The van der Waals surface area contributed by atoms with Gasteiger partial charge in [0.25, 0.3) is 0 Å². The Balaban J connectivity index is 1.81. The molecule has 1 saturated heterocycles. The van der Waals surface area contributed by atoms with Crippen LogP contribution in [0.15, 0.2) is 24.3 Å². The molecular formula is C20H28N4O2. The van der Waals surface area contributed by atoms with E-state index in [0.29, 0.717) is 13.2 Å². The summed E-state index contributed by atoms with van der Waals surface area (Å²) in [5, 5.41) is 2.95. The van der Waals surface area contributed by atoms with Gasteiger partial charge < -0.3 is 15.0 Å². The minimum absolute atomic E-state index is 0.0123. The highest BCUT2D eigenvalue weighted by Crippen LogP contribution is 2.24. The van der Waals surface area contributed by atoms with E-state index in [9.17, 15) is 4.79 Å². The monoisotopic (exact) mass is 356 g/mol. The first kappa shape index (κ1) is 18.6. The molecule has 3 rings (SSSR count). The number of carbonyl (C=O) groups is 1. The lowest BCUT2D eigenvalue weighted by Gasteiger charge is -2.24. The summed E-state index contributed by atoms with van der Waals surface area (Å²) in [4.78, 5) is 24.3. The summed E-state index contributed by atoms with van der Waals surface area (Å²) in [5.74, 6) is 0.861. The molecule has 1 N–H and O–H groups in total. The second-order valence-corrected chi connectivity index (χ2v) is 6.76. The van der Waals surface area contributed by atoms with E-state index < -0.39 is 0 Å². The molecule has 1 aromatic carbocycles. The fraction of sp³-hybridized carbons (Fsp3) is 0.550. The minimum atomic E-state index is -0.0123. The molecule has 1 fully saturated rings. The molecule has 26 heavy (non-hydrogen) atoms. The maximum atomic E-state index is 12.4. The summed E-state index contributed by atoms with van der Waals surface area (Å²) in [7, 11) is 1.67. The van der Waals surface area contributed by atoms with Crippen molar-refractivity contribution >= 4 is 22.8 Å². The molecule has 0 radical (unpaired) electrons. The van der Waals surface area contributed by atoms with E-state index in [1.165, 1.54) is 12.8 Å². The minimum Gasteiger partial charge on any atom is -0.385 e. The molecule has 0 bridgehead atoms. The maximum absolute atomic E-state index is 12.4. The lowest BCUT2D eigenvalue weighted by molar-refractivity contribution is -0.120. The fourth-order valence-electron chi connectivity index (χ4n) is 3.34. The number of rotatable bonds is 7. The molecule has 2 aromatic rings. The first-order valence-electron chi connectivity index (χ1n) is 9.54. The average Bonchev–Trinajstić information content (AvgIpc) is 2.94. The Hall–Kier alpha value is -2.21. The number of fused-ring (bicyclic) bond motifs is 1. The molecule has 1 amide bonds. The van der Waals surface area contributed by atoms with Crippen molar-refractivity contribution in [1.82, 2.24) is 15.3 Å². The Bertz CT molecular complexity index is 727. The fourth-order valence-corrected chi connectivity index (χ4v) is 3.34. The van der Waals surface area contributed by atoms with Crippen molar-refractivity contribution in [3.63, 3.8) is 0 Å². The van der Waals surface area contributed by atoms with Gasteiger partial charge in [0.2, 0.25) is 5.91 Å². The largest absolute Gasteiger partial charge is 0.385 e. The first-order chi connectivity index (χ1) is 12.8. The number of methoxy groups -OCH3 is 1. The lowest BCUT2D eigenvalue weighted by Crippen LogP contribution is -2.30. The van der Waals surface area contributed by atoms with Crippen molar-refractivity contribution < 1.29 is 9.53 Å². The quantitative estimate of drug-likeness (QED) is 0.773. The van der Waals surface area contributed by atoms with Crippen molar-refractivity contribution in [1.29, 1.82) is 0 Å². The Morgan fingerprint density at radius 3 is 2.50 bits per heavy atom. The normalized spacial score (nSPS) is 15.0. The van der Waals surface area contributed by atoms with Crippen molar-refractivity contribution in [2.75, 3.05) is 38.3 Å². The number of nitrogens with zero attached hydrogens (tertiary/aromatic N) is 3. The van der Waals surface area contributed by atoms with E-state index in [0.717, 1.165) is 54.9 Å². The summed E-state index contributed by atoms with van der Waals surface area (Å²) in [6, 6.07) is 7.87. The zero-order valence-corrected chi connectivity index (χ0v) is 15.5. The molecule has 0 unspecified atom stereocenters. The summed E-state index contributed by atoms with van der Waals surface area (Å²) in [5.41, 5.74) is 2.50. The third-order valence-electron chi connectivity index (χ3n) is 4.70. The molecule has 1 aliphatic rings. The van der Waals surface area contributed by atoms with Gasteiger partial charge in [0, 0.05) is 33.4 Å². The van der Waals surface area contributed by atoms with E-state index in [1.54, 1.807) is 7.11 Å². The number of anilines is 1. The van der Waals surface area contributed by atoms with Crippen LogP contribution in [0.1, 0.15) is 37.8 Å². The van der Waals surface area contributed by atoms with Gasteiger partial charge in [0.05, 0.1) is 23.1 Å². The first-order valence-corrected chi connectivity index (χ1v) is 9.54. The maximum Gasteiger partial charge on any atom is 0.226 e. The lowest BCUT2D eigenvalue weighted by atomic mass is 10.2. The second kappa shape index (κ2) is 9.48. The van der Waals surface area contributed by atoms with Crippen LogP contribution in [0.4, 0.5) is 5.82 Å². The summed E-state index contributed by atoms with van der Waals surface area (Å²) in [6.45, 7) is 3.23. The number of benzene rings is 1. The molecular weight excluding hydrogens is 328 g/mol. The Morgan fingerprint density at radius 1 is 1.12 bits per heavy atom. The van der Waals surface area contributed by atoms with Crippen LogP contribution >= 0.6 is 0 Å². The summed E-state index contributed by atoms with van der Waals surface area (Å²) < 4.78 is 5.02. The van der Waals surface area contributed by atoms with Crippen LogP contribution in [-0.4, -0.2) is 49.2 Å². The van der Waals surface area contributed by atoms with Crippen molar-refractivity contribution in [3.05, 3.63) is 30.0 Å². The smallest absolute Gasteiger partial charge is 0.226 e. The number of carbonyl (C=O) groups excluding carboxylic acids is 1. The molecule has 1 aromatic heterocycles. The standard InChI is InChI=1S/C20H28N4O2/c1-26-14-8-11-21-19(25)15-18-20(24-12-6-2-3-7-13-24)23-17-10-5-4-9-16(17)22-18/h4-5,9-10H,2-3,6-8,11-15H2,1H3,(H,21,25). The summed E-state index contributed by atoms with van der Waals surface area (Å²) >= 11 is 0. The number of ether oxygens (including phenoxy) is 1. The van der Waals surface area contributed by atoms with Gasteiger partial charge in [0.15, 0.2) is 5.82 Å². The zero-order chi connectivity index (χ0) is 18.2. The second-order valence-electron chi connectivity index (χ2n) is 6.76. The number of hydrogen-bond donors (Lipinski definition) is 1. The van der Waals surface area contributed by atoms with Crippen LogP contribution in [0.2, 0.25) is 0 Å². The number of nitrogens with one attached hydrogen (secondary N) is 1. The highest BCUT2D eigenvalue weighted by Gasteiger charge is 2.19. The van der Waals surface area contributed by atoms with E-state index in [2.05, 4.69) is 10.2 Å². The molecule has 0 aliphatic carbocycles. The van der Waals surface area contributed by atoms with Gasteiger partial charge in [-0.25, -0.2) is 9.97 Å². The number of amides is 1. The topological polar surface area (TPSA) is 67.3 Å². The van der Waals surface area contributed by atoms with Crippen molar-refractivity contribution in [2.45, 2.75) is 38.5 Å². The summed E-state index contributed by atoms with van der Waals surface area (Å²) in [6.07, 6.45) is 5.91. The zero-order valence-electron chi connectivity index (χ0n) is 15.5. The van der Waals surface area contributed by atoms with Crippen LogP contribution in [-0.2, 0) is 16.0 Å². The van der Waals surface area contributed by atoms with Gasteiger partial charge in [-0.15, -0.1) is 0 Å². The molecule has 2 heterocycles. The van der Waals surface area contributed by atoms with Crippen molar-refractivity contribution in [2.24, 2.45) is 0 Å². The van der Waals surface area contributed by atoms with Crippen LogP contribution < -0.4 is 10.2 Å². The molecule has 6 heteroatoms. The third-order valence-corrected chi connectivity index (χ3v) is 4.70. The van der Waals surface area contributed by atoms with Gasteiger partial charge in [0.1, 0.15) is 0 Å².